The van der Waals surface area contributed by atoms with Gasteiger partial charge in [0.15, 0.2) is 0 Å². The zero-order valence-electron chi connectivity index (χ0n) is 15.9. The fourth-order valence-corrected chi connectivity index (χ4v) is 4.78. The number of para-hydroxylation sites is 1. The van der Waals surface area contributed by atoms with Crippen LogP contribution in [0.3, 0.4) is 0 Å². The maximum absolute atomic E-state index is 12.6. The first kappa shape index (κ1) is 20.3. The third kappa shape index (κ3) is 4.86. The second-order valence-electron chi connectivity index (χ2n) is 6.33. The van der Waals surface area contributed by atoms with Crippen LogP contribution in [0, 0.1) is 13.8 Å². The van der Waals surface area contributed by atoms with Gasteiger partial charge in [-0.3, -0.25) is 0 Å². The second kappa shape index (κ2) is 8.68. The maximum Gasteiger partial charge on any atom is 0.319 e. The number of hydrogen-bond acceptors (Lipinski definition) is 4. The molecule has 146 valence electrons. The van der Waals surface area contributed by atoms with E-state index in [4.69, 9.17) is 4.28 Å². The Labute approximate surface area is 168 Å². The van der Waals surface area contributed by atoms with Gasteiger partial charge in [0.1, 0.15) is 0 Å². The number of nitrogens with zero attached hydrogens (tertiary/aromatic N) is 2. The molecule has 0 aliphatic rings. The van der Waals surface area contributed by atoms with Crippen LogP contribution in [0.15, 0.2) is 93.2 Å². The summed E-state index contributed by atoms with van der Waals surface area (Å²) in [7, 11) is -3.09. The minimum absolute atomic E-state index is 0.0803. The third-order valence-corrected chi connectivity index (χ3v) is 6.97. The molecule has 0 saturated heterocycles. The van der Waals surface area contributed by atoms with Crippen LogP contribution in [0.4, 0.5) is 5.69 Å². The van der Waals surface area contributed by atoms with E-state index in [1.54, 1.807) is 12.1 Å². The van der Waals surface area contributed by atoms with Crippen LogP contribution in [0.2, 0.25) is 0 Å². The first-order valence-corrected chi connectivity index (χ1v) is 11.2. The van der Waals surface area contributed by atoms with E-state index in [1.807, 2.05) is 79.8 Å². The smallest absolute Gasteiger partial charge is 0.305 e. The molecular formula is C21H22N2O3S2. The summed E-state index contributed by atoms with van der Waals surface area (Å²) in [6, 6.07) is 24.0. The zero-order chi connectivity index (χ0) is 20.1. The van der Waals surface area contributed by atoms with Gasteiger partial charge in [-0.25, -0.2) is 0 Å². The van der Waals surface area contributed by atoms with E-state index in [2.05, 4.69) is 4.53 Å². The standard InChI is InChI=1S/C21H22N2O3S2/c1-17-9-13-20(14-10-17)27(23(3)19-7-5-4-6-8-19)22-26-28(24,25)21-15-11-18(2)12-16-21/h4-16H,1-3H3. The molecule has 1 unspecified atom stereocenters. The molecule has 0 spiro atoms. The number of hydrogen-bond donors (Lipinski definition) is 0. The number of rotatable bonds is 6. The fraction of sp³-hybridized carbons (Fsp3) is 0.143. The van der Waals surface area contributed by atoms with E-state index in [0.29, 0.717) is 0 Å². The minimum atomic E-state index is -3.99. The Morgan fingerprint density at radius 1 is 0.821 bits per heavy atom. The van der Waals surface area contributed by atoms with Gasteiger partial charge in [0.2, 0.25) is 0 Å². The molecule has 28 heavy (non-hydrogen) atoms. The van der Waals surface area contributed by atoms with Gasteiger partial charge >= 0.3 is 10.1 Å². The molecule has 0 fully saturated rings. The normalized spacial score (nSPS) is 12.7. The summed E-state index contributed by atoms with van der Waals surface area (Å²) in [5, 5.41) is 0. The average molecular weight is 415 g/mol. The van der Waals surface area contributed by atoms with Crippen LogP contribution in [0.1, 0.15) is 11.1 Å². The van der Waals surface area contributed by atoms with E-state index in [9.17, 15) is 8.42 Å². The van der Waals surface area contributed by atoms with Gasteiger partial charge in [-0.15, -0.1) is 4.28 Å². The van der Waals surface area contributed by atoms with Gasteiger partial charge in [0.25, 0.3) is 0 Å². The van der Waals surface area contributed by atoms with E-state index in [0.717, 1.165) is 21.7 Å². The number of benzene rings is 3. The van der Waals surface area contributed by atoms with Crippen molar-refractivity contribution >= 4 is 26.7 Å². The van der Waals surface area contributed by atoms with Crippen molar-refractivity contribution in [3.63, 3.8) is 0 Å². The zero-order valence-corrected chi connectivity index (χ0v) is 17.6. The highest BCUT2D eigenvalue weighted by Gasteiger charge is 2.18. The summed E-state index contributed by atoms with van der Waals surface area (Å²) in [5.41, 5.74) is 2.99. The van der Waals surface area contributed by atoms with E-state index in [1.165, 1.54) is 12.1 Å². The highest BCUT2D eigenvalue weighted by atomic mass is 32.2. The predicted molar refractivity (Wildman–Crippen MR) is 114 cm³/mol. The van der Waals surface area contributed by atoms with Crippen molar-refractivity contribution in [2.75, 3.05) is 11.4 Å². The molecule has 0 bridgehead atoms. The Morgan fingerprint density at radius 2 is 1.36 bits per heavy atom. The molecule has 0 heterocycles. The van der Waals surface area contributed by atoms with Crippen molar-refractivity contribution in [2.24, 2.45) is 4.53 Å². The summed E-state index contributed by atoms with van der Waals surface area (Å²) >= 11 is 0. The molecule has 0 aromatic heterocycles. The Bertz CT molecular complexity index is 1060. The van der Waals surface area contributed by atoms with Crippen molar-refractivity contribution in [1.29, 1.82) is 0 Å². The highest BCUT2D eigenvalue weighted by molar-refractivity contribution is 7.90. The van der Waals surface area contributed by atoms with Gasteiger partial charge in [-0.2, -0.15) is 8.42 Å². The van der Waals surface area contributed by atoms with Crippen LogP contribution < -0.4 is 4.31 Å². The van der Waals surface area contributed by atoms with Crippen LogP contribution in [-0.4, -0.2) is 15.5 Å². The molecule has 0 N–H and O–H groups in total. The topological polar surface area (TPSA) is 59.0 Å². The lowest BCUT2D eigenvalue weighted by molar-refractivity contribution is 0.346. The van der Waals surface area contributed by atoms with Crippen molar-refractivity contribution < 1.29 is 12.7 Å². The summed E-state index contributed by atoms with van der Waals surface area (Å²) in [4.78, 5) is 0.938. The summed E-state index contributed by atoms with van der Waals surface area (Å²) in [5.74, 6) is 0. The van der Waals surface area contributed by atoms with Crippen molar-refractivity contribution in [3.8, 4) is 0 Å². The van der Waals surface area contributed by atoms with Gasteiger partial charge in [0.05, 0.1) is 15.8 Å². The molecule has 3 aromatic rings. The van der Waals surface area contributed by atoms with Crippen molar-refractivity contribution in [2.45, 2.75) is 23.6 Å². The van der Waals surface area contributed by atoms with Gasteiger partial charge < -0.3 is 4.31 Å². The summed E-state index contributed by atoms with van der Waals surface area (Å²) in [6.45, 7) is 3.89. The lowest BCUT2D eigenvalue weighted by atomic mass is 10.2. The lowest BCUT2D eigenvalue weighted by Crippen LogP contribution is -2.21. The van der Waals surface area contributed by atoms with E-state index >= 15 is 0 Å². The van der Waals surface area contributed by atoms with Crippen molar-refractivity contribution in [1.82, 2.24) is 0 Å². The molecule has 0 amide bonds. The Morgan fingerprint density at radius 3 is 1.93 bits per heavy atom. The maximum atomic E-state index is 12.6. The van der Waals surface area contributed by atoms with Crippen molar-refractivity contribution in [3.05, 3.63) is 90.0 Å². The third-order valence-electron chi connectivity index (χ3n) is 4.12. The monoisotopic (exact) mass is 414 g/mol. The lowest BCUT2D eigenvalue weighted by Gasteiger charge is -2.22. The largest absolute Gasteiger partial charge is 0.319 e. The summed E-state index contributed by atoms with van der Waals surface area (Å²) in [6.07, 6.45) is 0. The molecular weight excluding hydrogens is 392 g/mol. The molecule has 5 nitrogen and oxygen atoms in total. The quantitative estimate of drug-likeness (QED) is 0.542. The number of anilines is 1. The molecule has 3 rings (SSSR count). The minimum Gasteiger partial charge on any atom is -0.305 e. The van der Waals surface area contributed by atoms with Gasteiger partial charge in [-0.05, 0) is 50.2 Å². The molecule has 0 saturated carbocycles. The Kier molecular flexibility index (Phi) is 6.28. The van der Waals surface area contributed by atoms with Crippen LogP contribution in [-0.2, 0) is 25.3 Å². The van der Waals surface area contributed by atoms with Crippen LogP contribution in [0.5, 0.6) is 0 Å². The van der Waals surface area contributed by atoms with Gasteiger partial charge in [0, 0.05) is 17.6 Å². The van der Waals surface area contributed by atoms with E-state index in [-0.39, 0.29) is 4.90 Å². The highest BCUT2D eigenvalue weighted by Crippen LogP contribution is 2.22. The van der Waals surface area contributed by atoms with E-state index < -0.39 is 21.0 Å². The predicted octanol–water partition coefficient (Wildman–Crippen LogP) is 4.84. The van der Waals surface area contributed by atoms with Crippen LogP contribution in [0.25, 0.3) is 0 Å². The molecule has 0 aliphatic heterocycles. The average Bonchev–Trinajstić information content (AvgIpc) is 2.70. The molecule has 3 aromatic carbocycles. The summed E-state index contributed by atoms with van der Waals surface area (Å²) < 4.78 is 36.3. The molecule has 1 atom stereocenters. The number of aryl methyl sites for hydroxylation is 2. The van der Waals surface area contributed by atoms with Gasteiger partial charge in [-0.1, -0.05) is 58.1 Å². The first-order valence-electron chi connectivity index (χ1n) is 8.68. The second-order valence-corrected chi connectivity index (χ2v) is 9.55. The van der Waals surface area contributed by atoms with Crippen LogP contribution >= 0.6 is 0 Å². The first-order chi connectivity index (χ1) is 13.4. The molecule has 7 heteroatoms. The molecule has 0 aliphatic carbocycles. The SMILES string of the molecule is Cc1ccc(/S(=N/OS(=O)(=O)c2ccc(C)cc2)N(C)c2ccccc2)cc1. The Balaban J connectivity index is 1.98. The molecule has 0 radical (unpaired) electrons. The fourth-order valence-electron chi connectivity index (χ4n) is 2.47. The Hall–Kier alpha value is -2.48.